The molecule has 1 unspecified atom stereocenters. The van der Waals surface area contributed by atoms with E-state index in [-0.39, 0.29) is 6.10 Å². The molecule has 0 radical (unpaired) electrons. The van der Waals surface area contributed by atoms with Crippen LogP contribution in [0, 0.1) is 0 Å². The Morgan fingerprint density at radius 3 is 3.00 bits per heavy atom. The highest BCUT2D eigenvalue weighted by Crippen LogP contribution is 2.37. The van der Waals surface area contributed by atoms with Gasteiger partial charge in [0.05, 0.1) is 5.02 Å². The number of hydroxylamine groups is 2. The molecule has 1 aromatic rings. The van der Waals surface area contributed by atoms with Gasteiger partial charge in [-0.05, 0) is 24.1 Å². The van der Waals surface area contributed by atoms with Gasteiger partial charge in [0, 0.05) is 20.0 Å². The maximum atomic E-state index is 9.16. The van der Waals surface area contributed by atoms with Gasteiger partial charge in [0.2, 0.25) is 0 Å². The average molecular weight is 228 g/mol. The van der Waals surface area contributed by atoms with Crippen LogP contribution in [-0.4, -0.2) is 23.4 Å². The van der Waals surface area contributed by atoms with Crippen molar-refractivity contribution in [2.45, 2.75) is 26.0 Å². The standard InChI is InChI=1S/C11H14ClNO2/c1-7-3-9-4-8(6-13(2)14)5-10(12)11(9)15-7/h4-5,7,14H,3,6H2,1-2H3. The summed E-state index contributed by atoms with van der Waals surface area (Å²) in [5, 5.41) is 10.9. The molecule has 1 N–H and O–H groups in total. The lowest BCUT2D eigenvalue weighted by molar-refractivity contribution is -0.0731. The van der Waals surface area contributed by atoms with Crippen LogP contribution in [0.3, 0.4) is 0 Å². The van der Waals surface area contributed by atoms with Gasteiger partial charge >= 0.3 is 0 Å². The first-order chi connectivity index (χ1) is 7.06. The number of hydrogen-bond donors (Lipinski definition) is 1. The molecule has 3 nitrogen and oxygen atoms in total. The van der Waals surface area contributed by atoms with Crippen LogP contribution in [0.25, 0.3) is 0 Å². The molecule has 0 fully saturated rings. The van der Waals surface area contributed by atoms with Gasteiger partial charge in [0.25, 0.3) is 0 Å². The fourth-order valence-electron chi connectivity index (χ4n) is 1.90. The zero-order valence-corrected chi connectivity index (χ0v) is 9.58. The predicted molar refractivity (Wildman–Crippen MR) is 58.5 cm³/mol. The van der Waals surface area contributed by atoms with Gasteiger partial charge in [-0.15, -0.1) is 0 Å². The van der Waals surface area contributed by atoms with E-state index in [0.29, 0.717) is 11.6 Å². The van der Waals surface area contributed by atoms with Crippen LogP contribution in [0.4, 0.5) is 0 Å². The van der Waals surface area contributed by atoms with Gasteiger partial charge < -0.3 is 9.94 Å². The Morgan fingerprint density at radius 2 is 2.33 bits per heavy atom. The van der Waals surface area contributed by atoms with Crippen molar-refractivity contribution in [1.82, 2.24) is 5.06 Å². The number of halogens is 1. The van der Waals surface area contributed by atoms with Gasteiger partial charge in [-0.2, -0.15) is 5.06 Å². The first-order valence-electron chi connectivity index (χ1n) is 4.94. The normalized spacial score (nSPS) is 19.1. The number of benzene rings is 1. The zero-order valence-electron chi connectivity index (χ0n) is 8.83. The second-order valence-electron chi connectivity index (χ2n) is 4.01. The summed E-state index contributed by atoms with van der Waals surface area (Å²) in [4.78, 5) is 0. The van der Waals surface area contributed by atoms with Crippen molar-refractivity contribution in [3.8, 4) is 5.75 Å². The highest BCUT2D eigenvalue weighted by molar-refractivity contribution is 6.32. The van der Waals surface area contributed by atoms with Gasteiger partial charge in [0.15, 0.2) is 0 Å². The molecule has 2 rings (SSSR count). The third-order valence-corrected chi connectivity index (χ3v) is 2.70. The molecule has 0 aliphatic carbocycles. The molecule has 1 aliphatic heterocycles. The van der Waals surface area contributed by atoms with Crippen LogP contribution in [0.1, 0.15) is 18.1 Å². The molecule has 0 bridgehead atoms. The van der Waals surface area contributed by atoms with E-state index in [2.05, 4.69) is 0 Å². The number of ether oxygens (including phenoxy) is 1. The number of hydrogen-bond acceptors (Lipinski definition) is 3. The number of rotatable bonds is 2. The highest BCUT2D eigenvalue weighted by Gasteiger charge is 2.22. The van der Waals surface area contributed by atoms with Crippen molar-refractivity contribution in [3.63, 3.8) is 0 Å². The largest absolute Gasteiger partial charge is 0.489 e. The molecule has 0 amide bonds. The molecule has 1 aliphatic rings. The summed E-state index contributed by atoms with van der Waals surface area (Å²) in [5.41, 5.74) is 2.13. The first kappa shape index (κ1) is 10.7. The predicted octanol–water partition coefficient (Wildman–Crippen LogP) is 2.48. The lowest BCUT2D eigenvalue weighted by Crippen LogP contribution is -2.11. The summed E-state index contributed by atoms with van der Waals surface area (Å²) in [7, 11) is 1.61. The summed E-state index contributed by atoms with van der Waals surface area (Å²) in [6.07, 6.45) is 1.08. The van der Waals surface area contributed by atoms with Crippen molar-refractivity contribution >= 4 is 11.6 Å². The quantitative estimate of drug-likeness (QED) is 0.788. The summed E-state index contributed by atoms with van der Waals surface area (Å²) in [6.45, 7) is 2.50. The van der Waals surface area contributed by atoms with Gasteiger partial charge in [-0.1, -0.05) is 17.7 Å². The van der Waals surface area contributed by atoms with Crippen molar-refractivity contribution in [1.29, 1.82) is 0 Å². The zero-order chi connectivity index (χ0) is 11.0. The van der Waals surface area contributed by atoms with E-state index >= 15 is 0 Å². The molecule has 82 valence electrons. The maximum Gasteiger partial charge on any atom is 0.141 e. The fourth-order valence-corrected chi connectivity index (χ4v) is 2.21. The molecule has 15 heavy (non-hydrogen) atoms. The molecule has 1 heterocycles. The molecular formula is C11H14ClNO2. The lowest BCUT2D eigenvalue weighted by atomic mass is 10.1. The van der Waals surface area contributed by atoms with Crippen molar-refractivity contribution in [2.75, 3.05) is 7.05 Å². The SMILES string of the molecule is CC1Cc2cc(CN(C)O)cc(Cl)c2O1. The van der Waals surface area contributed by atoms with Crippen molar-refractivity contribution in [2.24, 2.45) is 0 Å². The molecule has 0 saturated heterocycles. The second-order valence-corrected chi connectivity index (χ2v) is 4.42. The van der Waals surface area contributed by atoms with E-state index in [4.69, 9.17) is 21.5 Å². The van der Waals surface area contributed by atoms with E-state index in [0.717, 1.165) is 28.4 Å². The van der Waals surface area contributed by atoms with Gasteiger partial charge in [-0.3, -0.25) is 0 Å². The molecule has 0 spiro atoms. The smallest absolute Gasteiger partial charge is 0.141 e. The van der Waals surface area contributed by atoms with Crippen LogP contribution in [0.2, 0.25) is 5.02 Å². The maximum absolute atomic E-state index is 9.16. The number of fused-ring (bicyclic) bond motifs is 1. The van der Waals surface area contributed by atoms with Crippen LogP contribution < -0.4 is 4.74 Å². The minimum absolute atomic E-state index is 0.194. The molecular weight excluding hydrogens is 214 g/mol. The Labute approximate surface area is 94.2 Å². The van der Waals surface area contributed by atoms with Crippen molar-refractivity contribution in [3.05, 3.63) is 28.3 Å². The third kappa shape index (κ3) is 2.25. The minimum Gasteiger partial charge on any atom is -0.489 e. The van der Waals surface area contributed by atoms with Crippen molar-refractivity contribution < 1.29 is 9.94 Å². The fraction of sp³-hybridized carbons (Fsp3) is 0.455. The van der Waals surface area contributed by atoms with Gasteiger partial charge in [-0.25, -0.2) is 0 Å². The minimum atomic E-state index is 0.194. The number of nitrogens with zero attached hydrogens (tertiary/aromatic N) is 1. The molecule has 0 saturated carbocycles. The third-order valence-electron chi connectivity index (χ3n) is 2.42. The first-order valence-corrected chi connectivity index (χ1v) is 5.32. The Hall–Kier alpha value is -0.770. The summed E-state index contributed by atoms with van der Waals surface area (Å²) in [5.74, 6) is 0.800. The molecule has 4 heteroatoms. The Balaban J connectivity index is 2.31. The topological polar surface area (TPSA) is 32.7 Å². The Bertz CT molecular complexity index is 379. The Morgan fingerprint density at radius 1 is 1.60 bits per heavy atom. The van der Waals surface area contributed by atoms with E-state index < -0.39 is 0 Å². The van der Waals surface area contributed by atoms with E-state index in [9.17, 15) is 0 Å². The van der Waals surface area contributed by atoms with Crippen LogP contribution in [0.5, 0.6) is 5.75 Å². The molecule has 0 aromatic heterocycles. The van der Waals surface area contributed by atoms with Crippen LogP contribution in [-0.2, 0) is 13.0 Å². The van der Waals surface area contributed by atoms with E-state index in [1.54, 1.807) is 7.05 Å². The second kappa shape index (κ2) is 4.00. The Kier molecular flexibility index (Phi) is 2.87. The highest BCUT2D eigenvalue weighted by atomic mass is 35.5. The molecule has 1 aromatic carbocycles. The lowest BCUT2D eigenvalue weighted by Gasteiger charge is -2.10. The summed E-state index contributed by atoms with van der Waals surface area (Å²) in [6, 6.07) is 3.88. The van der Waals surface area contributed by atoms with Gasteiger partial charge in [0.1, 0.15) is 11.9 Å². The van der Waals surface area contributed by atoms with Crippen LogP contribution >= 0.6 is 11.6 Å². The van der Waals surface area contributed by atoms with E-state index in [1.807, 2.05) is 19.1 Å². The van der Waals surface area contributed by atoms with E-state index in [1.165, 1.54) is 0 Å². The summed E-state index contributed by atoms with van der Waals surface area (Å²) < 4.78 is 5.59. The molecule has 1 atom stereocenters. The van der Waals surface area contributed by atoms with Crippen LogP contribution in [0.15, 0.2) is 12.1 Å². The summed E-state index contributed by atoms with van der Waals surface area (Å²) >= 11 is 6.10. The average Bonchev–Trinajstić information content (AvgIpc) is 2.44. The monoisotopic (exact) mass is 227 g/mol.